The van der Waals surface area contributed by atoms with Gasteiger partial charge in [0.05, 0.1) is 5.92 Å². The fraction of sp³-hybridized carbons (Fsp3) is 0.364. The minimum atomic E-state index is -0.771. The molecule has 0 saturated heterocycles. The summed E-state index contributed by atoms with van der Waals surface area (Å²) in [5.74, 6) is -1.19. The highest BCUT2D eigenvalue weighted by atomic mass is 16.4. The van der Waals surface area contributed by atoms with Gasteiger partial charge in [-0.25, -0.2) is 0 Å². The molecular weight excluding hydrogens is 164 g/mol. The van der Waals surface area contributed by atoms with Crippen molar-refractivity contribution in [1.82, 2.24) is 0 Å². The van der Waals surface area contributed by atoms with Gasteiger partial charge in [0.25, 0.3) is 0 Å². The first-order valence-corrected chi connectivity index (χ1v) is 4.32. The summed E-state index contributed by atoms with van der Waals surface area (Å²) >= 11 is 0. The molecule has 1 N–H and O–H groups in total. The second kappa shape index (κ2) is 3.60. The van der Waals surface area contributed by atoms with Gasteiger partial charge in [0, 0.05) is 0 Å². The summed E-state index contributed by atoms with van der Waals surface area (Å²) in [6.45, 7) is 5.66. The van der Waals surface area contributed by atoms with Crippen molar-refractivity contribution >= 4 is 5.97 Å². The lowest BCUT2D eigenvalue weighted by Gasteiger charge is -2.10. The zero-order valence-corrected chi connectivity index (χ0v) is 8.16. The third kappa shape index (κ3) is 2.08. The molecule has 0 aromatic heterocycles. The first-order valence-electron chi connectivity index (χ1n) is 4.32. The van der Waals surface area contributed by atoms with E-state index in [1.54, 1.807) is 6.92 Å². The van der Waals surface area contributed by atoms with Crippen LogP contribution in [0.3, 0.4) is 0 Å². The first-order chi connectivity index (χ1) is 6.02. The average Bonchev–Trinajstić information content (AvgIpc) is 2.03. The zero-order chi connectivity index (χ0) is 10.0. The van der Waals surface area contributed by atoms with E-state index in [-0.39, 0.29) is 0 Å². The topological polar surface area (TPSA) is 37.3 Å². The number of benzene rings is 1. The predicted molar refractivity (Wildman–Crippen MR) is 52.0 cm³/mol. The Labute approximate surface area is 78.2 Å². The van der Waals surface area contributed by atoms with Crippen molar-refractivity contribution in [2.75, 3.05) is 0 Å². The van der Waals surface area contributed by atoms with Crippen molar-refractivity contribution in [2.45, 2.75) is 26.7 Å². The second-order valence-corrected chi connectivity index (χ2v) is 3.42. The molecule has 0 saturated carbocycles. The molecule has 2 nitrogen and oxygen atoms in total. The molecule has 0 aliphatic rings. The van der Waals surface area contributed by atoms with Crippen molar-refractivity contribution in [2.24, 2.45) is 0 Å². The van der Waals surface area contributed by atoms with Crippen molar-refractivity contribution < 1.29 is 9.90 Å². The number of carbonyl (C=O) groups is 1. The molecule has 1 aromatic rings. The van der Waals surface area contributed by atoms with Crippen molar-refractivity contribution in [3.8, 4) is 0 Å². The fourth-order valence-electron chi connectivity index (χ4n) is 1.44. The number of carboxylic acids is 1. The minimum Gasteiger partial charge on any atom is -0.481 e. The molecule has 1 rings (SSSR count). The summed E-state index contributed by atoms with van der Waals surface area (Å²) in [6.07, 6.45) is 0. The third-order valence-electron chi connectivity index (χ3n) is 2.26. The highest BCUT2D eigenvalue weighted by Crippen LogP contribution is 2.20. The smallest absolute Gasteiger partial charge is 0.310 e. The summed E-state index contributed by atoms with van der Waals surface area (Å²) < 4.78 is 0. The van der Waals surface area contributed by atoms with Crippen molar-refractivity contribution in [3.63, 3.8) is 0 Å². The molecular formula is C11H14O2. The molecule has 0 aliphatic carbocycles. The van der Waals surface area contributed by atoms with Gasteiger partial charge in [-0.15, -0.1) is 0 Å². The van der Waals surface area contributed by atoms with E-state index in [9.17, 15) is 4.79 Å². The van der Waals surface area contributed by atoms with Crippen LogP contribution in [0.25, 0.3) is 0 Å². The number of rotatable bonds is 2. The monoisotopic (exact) mass is 178 g/mol. The van der Waals surface area contributed by atoms with Crippen LogP contribution in [-0.2, 0) is 4.79 Å². The van der Waals surface area contributed by atoms with Gasteiger partial charge in [0.2, 0.25) is 0 Å². The predicted octanol–water partition coefficient (Wildman–Crippen LogP) is 2.49. The molecule has 0 spiro atoms. The molecule has 0 bridgehead atoms. The van der Waals surface area contributed by atoms with E-state index in [4.69, 9.17) is 5.11 Å². The number of hydrogen-bond donors (Lipinski definition) is 1. The van der Waals surface area contributed by atoms with E-state index in [0.717, 1.165) is 11.1 Å². The summed E-state index contributed by atoms with van der Waals surface area (Å²) in [6, 6.07) is 5.85. The largest absolute Gasteiger partial charge is 0.481 e. The molecule has 1 atom stereocenters. The van der Waals surface area contributed by atoms with Crippen LogP contribution in [0.15, 0.2) is 18.2 Å². The maximum atomic E-state index is 10.7. The molecule has 0 heterocycles. The van der Waals surface area contributed by atoms with E-state index in [1.165, 1.54) is 5.56 Å². The SMILES string of the molecule is Cc1ccc(C(C)C(=O)O)c(C)c1. The van der Waals surface area contributed by atoms with Gasteiger partial charge >= 0.3 is 5.97 Å². The Morgan fingerprint density at radius 1 is 1.38 bits per heavy atom. The normalized spacial score (nSPS) is 12.5. The number of hydrogen-bond acceptors (Lipinski definition) is 1. The van der Waals surface area contributed by atoms with Crippen LogP contribution in [-0.4, -0.2) is 11.1 Å². The van der Waals surface area contributed by atoms with E-state index in [0.29, 0.717) is 0 Å². The number of aryl methyl sites for hydroxylation is 2. The van der Waals surface area contributed by atoms with Gasteiger partial charge in [-0.2, -0.15) is 0 Å². The Bertz CT molecular complexity index is 329. The quantitative estimate of drug-likeness (QED) is 0.755. The summed E-state index contributed by atoms with van der Waals surface area (Å²) in [4.78, 5) is 10.7. The number of carboxylic acid groups (broad SMARTS) is 1. The lowest BCUT2D eigenvalue weighted by atomic mass is 9.95. The van der Waals surface area contributed by atoms with Gasteiger partial charge in [0.15, 0.2) is 0 Å². The third-order valence-corrected chi connectivity index (χ3v) is 2.26. The van der Waals surface area contributed by atoms with E-state index >= 15 is 0 Å². The van der Waals surface area contributed by atoms with Crippen LogP contribution >= 0.6 is 0 Å². The first kappa shape index (κ1) is 9.78. The summed E-state index contributed by atoms with van der Waals surface area (Å²) in [5, 5.41) is 8.83. The Balaban J connectivity index is 3.08. The lowest BCUT2D eigenvalue weighted by molar-refractivity contribution is -0.138. The molecule has 0 fully saturated rings. The van der Waals surface area contributed by atoms with Crippen LogP contribution in [0.1, 0.15) is 29.5 Å². The fourth-order valence-corrected chi connectivity index (χ4v) is 1.44. The van der Waals surface area contributed by atoms with Crippen molar-refractivity contribution in [1.29, 1.82) is 0 Å². The zero-order valence-electron chi connectivity index (χ0n) is 8.16. The van der Waals surface area contributed by atoms with Crippen LogP contribution < -0.4 is 0 Å². The lowest BCUT2D eigenvalue weighted by Crippen LogP contribution is -2.08. The Morgan fingerprint density at radius 3 is 2.46 bits per heavy atom. The van der Waals surface area contributed by atoms with Crippen molar-refractivity contribution in [3.05, 3.63) is 34.9 Å². The standard InChI is InChI=1S/C11H14O2/c1-7-4-5-10(8(2)6-7)9(3)11(12)13/h4-6,9H,1-3H3,(H,12,13). The van der Waals surface area contributed by atoms with E-state index in [1.807, 2.05) is 32.0 Å². The minimum absolute atomic E-state index is 0.416. The van der Waals surface area contributed by atoms with Crippen LogP contribution in [0.5, 0.6) is 0 Å². The van der Waals surface area contributed by atoms with Gasteiger partial charge in [-0.1, -0.05) is 23.8 Å². The maximum absolute atomic E-state index is 10.7. The highest BCUT2D eigenvalue weighted by Gasteiger charge is 2.15. The molecule has 0 aliphatic heterocycles. The van der Waals surface area contributed by atoms with Crippen LogP contribution in [0.2, 0.25) is 0 Å². The average molecular weight is 178 g/mol. The molecule has 0 amide bonds. The molecule has 1 aromatic carbocycles. The number of aliphatic carboxylic acids is 1. The summed E-state index contributed by atoms with van der Waals surface area (Å²) in [5.41, 5.74) is 3.12. The summed E-state index contributed by atoms with van der Waals surface area (Å²) in [7, 11) is 0. The van der Waals surface area contributed by atoms with E-state index < -0.39 is 11.9 Å². The van der Waals surface area contributed by atoms with Crippen LogP contribution in [0, 0.1) is 13.8 Å². The Hall–Kier alpha value is -1.31. The van der Waals surface area contributed by atoms with E-state index in [2.05, 4.69) is 0 Å². The molecule has 1 unspecified atom stereocenters. The Morgan fingerprint density at radius 2 is 2.00 bits per heavy atom. The van der Waals surface area contributed by atoms with Gasteiger partial charge in [-0.05, 0) is 31.9 Å². The molecule has 2 heteroatoms. The van der Waals surface area contributed by atoms with Gasteiger partial charge in [-0.3, -0.25) is 4.79 Å². The Kier molecular flexibility index (Phi) is 2.71. The molecule has 13 heavy (non-hydrogen) atoms. The highest BCUT2D eigenvalue weighted by molar-refractivity contribution is 5.76. The van der Waals surface area contributed by atoms with Gasteiger partial charge in [0.1, 0.15) is 0 Å². The van der Waals surface area contributed by atoms with Gasteiger partial charge < -0.3 is 5.11 Å². The molecule has 70 valence electrons. The second-order valence-electron chi connectivity index (χ2n) is 3.42. The maximum Gasteiger partial charge on any atom is 0.310 e. The molecule has 0 radical (unpaired) electrons. The van der Waals surface area contributed by atoms with Crippen LogP contribution in [0.4, 0.5) is 0 Å².